The number of nitrogens with zero attached hydrogens (tertiary/aromatic N) is 2. The normalized spacial score (nSPS) is 18.6. The molecule has 1 aliphatic heterocycles. The average molecular weight is 537 g/mol. The number of hydrogen-bond donors (Lipinski definition) is 1. The SMILES string of the molecule is COc1ccc2ncc(Cl)c(C(=O)CC[C@H]3CCN(CCSc4ccc(F)s4)C[C@H]3C(=O)O)c2c1. The summed E-state index contributed by atoms with van der Waals surface area (Å²) in [6.45, 7) is 1.96. The molecule has 2 aromatic heterocycles. The van der Waals surface area contributed by atoms with Gasteiger partial charge in [-0.25, -0.2) is 0 Å². The minimum Gasteiger partial charge on any atom is -0.497 e. The number of fused-ring (bicyclic) bond motifs is 1. The fourth-order valence-electron chi connectivity index (χ4n) is 4.55. The molecule has 1 N–H and O–H groups in total. The highest BCUT2D eigenvalue weighted by atomic mass is 35.5. The molecule has 10 heteroatoms. The van der Waals surface area contributed by atoms with Crippen molar-refractivity contribution in [1.82, 2.24) is 9.88 Å². The molecule has 1 aromatic carbocycles. The van der Waals surface area contributed by atoms with E-state index in [1.807, 2.05) is 0 Å². The van der Waals surface area contributed by atoms with Crippen LogP contribution in [0.15, 0.2) is 40.7 Å². The van der Waals surface area contributed by atoms with Crippen LogP contribution in [-0.2, 0) is 4.79 Å². The number of halogens is 2. The number of aromatic nitrogens is 1. The fourth-order valence-corrected chi connectivity index (χ4v) is 6.71. The van der Waals surface area contributed by atoms with Gasteiger partial charge in [-0.1, -0.05) is 22.9 Å². The maximum Gasteiger partial charge on any atom is 0.308 e. The van der Waals surface area contributed by atoms with E-state index in [0.29, 0.717) is 41.6 Å². The molecule has 186 valence electrons. The topological polar surface area (TPSA) is 79.7 Å². The number of ether oxygens (including phenoxy) is 1. The van der Waals surface area contributed by atoms with Crippen LogP contribution in [-0.4, -0.2) is 59.2 Å². The molecule has 0 spiro atoms. The van der Waals surface area contributed by atoms with Gasteiger partial charge in [0.25, 0.3) is 0 Å². The molecule has 0 bridgehead atoms. The van der Waals surface area contributed by atoms with Crippen LogP contribution in [0.3, 0.4) is 0 Å². The summed E-state index contributed by atoms with van der Waals surface area (Å²) in [5.41, 5.74) is 1.06. The van der Waals surface area contributed by atoms with E-state index in [0.717, 1.165) is 34.4 Å². The van der Waals surface area contributed by atoms with Gasteiger partial charge in [0.15, 0.2) is 10.9 Å². The van der Waals surface area contributed by atoms with E-state index in [-0.39, 0.29) is 28.3 Å². The van der Waals surface area contributed by atoms with Crippen molar-refractivity contribution in [2.75, 3.05) is 32.5 Å². The molecule has 1 saturated heterocycles. The number of aliphatic carboxylic acids is 1. The van der Waals surface area contributed by atoms with Crippen LogP contribution in [0.2, 0.25) is 5.02 Å². The molecule has 2 atom stereocenters. The number of pyridine rings is 1. The zero-order valence-corrected chi connectivity index (χ0v) is 21.6. The molecule has 0 amide bonds. The van der Waals surface area contributed by atoms with E-state index in [2.05, 4.69) is 9.88 Å². The third kappa shape index (κ3) is 6.33. The maximum atomic E-state index is 13.2. The van der Waals surface area contributed by atoms with E-state index in [4.69, 9.17) is 16.3 Å². The third-order valence-corrected chi connectivity index (χ3v) is 8.77. The van der Waals surface area contributed by atoms with Crippen LogP contribution in [0.5, 0.6) is 5.75 Å². The number of thioether (sulfide) groups is 1. The molecule has 1 fully saturated rings. The lowest BCUT2D eigenvalue weighted by Gasteiger charge is -2.36. The van der Waals surface area contributed by atoms with Gasteiger partial charge in [0.05, 0.1) is 27.8 Å². The number of ketones is 1. The monoisotopic (exact) mass is 536 g/mol. The van der Waals surface area contributed by atoms with E-state index in [9.17, 15) is 19.1 Å². The van der Waals surface area contributed by atoms with Crippen LogP contribution in [0.25, 0.3) is 10.9 Å². The summed E-state index contributed by atoms with van der Waals surface area (Å²) in [7, 11) is 1.56. The second kappa shape index (κ2) is 11.7. The highest BCUT2D eigenvalue weighted by Gasteiger charge is 2.34. The van der Waals surface area contributed by atoms with Crippen LogP contribution >= 0.6 is 34.7 Å². The number of likely N-dealkylation sites (tertiary alicyclic amines) is 1. The van der Waals surface area contributed by atoms with Crippen molar-refractivity contribution in [2.45, 2.75) is 23.5 Å². The molecule has 1 aliphatic rings. The van der Waals surface area contributed by atoms with Gasteiger partial charge >= 0.3 is 5.97 Å². The van der Waals surface area contributed by atoms with E-state index >= 15 is 0 Å². The predicted molar refractivity (Wildman–Crippen MR) is 138 cm³/mol. The Kier molecular flexibility index (Phi) is 8.64. The number of methoxy groups -OCH3 is 1. The summed E-state index contributed by atoms with van der Waals surface area (Å²) < 4.78 is 19.4. The first-order valence-corrected chi connectivity index (χ1v) is 13.5. The van der Waals surface area contributed by atoms with Crippen molar-refractivity contribution in [2.24, 2.45) is 11.8 Å². The number of carbonyl (C=O) groups excluding carboxylic acids is 1. The van der Waals surface area contributed by atoms with E-state index < -0.39 is 11.9 Å². The van der Waals surface area contributed by atoms with Crippen LogP contribution in [0.1, 0.15) is 29.6 Å². The first kappa shape index (κ1) is 25.9. The van der Waals surface area contributed by atoms with Gasteiger partial charge in [0.2, 0.25) is 0 Å². The minimum absolute atomic E-state index is 0.0897. The summed E-state index contributed by atoms with van der Waals surface area (Å²) in [5, 5.41) is 10.6. The van der Waals surface area contributed by atoms with Crippen molar-refractivity contribution in [1.29, 1.82) is 0 Å². The van der Waals surface area contributed by atoms with Crippen molar-refractivity contribution in [3.63, 3.8) is 0 Å². The number of carboxylic acids is 1. The number of carboxylic acid groups (broad SMARTS) is 1. The molecule has 35 heavy (non-hydrogen) atoms. The van der Waals surface area contributed by atoms with Gasteiger partial charge in [-0.05, 0) is 55.6 Å². The summed E-state index contributed by atoms with van der Waals surface area (Å²) in [5.74, 6) is -0.207. The van der Waals surface area contributed by atoms with Gasteiger partial charge in [-0.3, -0.25) is 14.6 Å². The zero-order valence-electron chi connectivity index (χ0n) is 19.2. The van der Waals surface area contributed by atoms with Crippen molar-refractivity contribution in [3.8, 4) is 5.75 Å². The number of rotatable bonds is 10. The summed E-state index contributed by atoms with van der Waals surface area (Å²) in [4.78, 5) is 31.7. The largest absolute Gasteiger partial charge is 0.497 e. The lowest BCUT2D eigenvalue weighted by atomic mass is 9.81. The summed E-state index contributed by atoms with van der Waals surface area (Å²) in [6.07, 6.45) is 2.88. The van der Waals surface area contributed by atoms with Gasteiger partial charge < -0.3 is 14.7 Å². The number of Topliss-reactive ketones (excluding diaryl/α,β-unsaturated/α-hetero) is 1. The van der Waals surface area contributed by atoms with Crippen LogP contribution in [0, 0.1) is 17.0 Å². The molecule has 0 unspecified atom stereocenters. The number of piperidine rings is 1. The Balaban J connectivity index is 1.37. The minimum atomic E-state index is -0.836. The molecule has 0 saturated carbocycles. The number of benzene rings is 1. The smallest absolute Gasteiger partial charge is 0.308 e. The Bertz CT molecular complexity index is 1220. The average Bonchev–Trinajstić information content (AvgIpc) is 3.27. The molecule has 0 aliphatic carbocycles. The first-order chi connectivity index (χ1) is 16.9. The Hall–Kier alpha value is -2.20. The summed E-state index contributed by atoms with van der Waals surface area (Å²) in [6, 6.07) is 8.54. The highest BCUT2D eigenvalue weighted by molar-refractivity contribution is 8.01. The number of carbonyl (C=O) groups is 2. The van der Waals surface area contributed by atoms with Gasteiger partial charge in [-0.15, -0.1) is 11.8 Å². The van der Waals surface area contributed by atoms with Crippen LogP contribution < -0.4 is 4.74 Å². The molecule has 6 nitrogen and oxygen atoms in total. The molecule has 3 heterocycles. The lowest BCUT2D eigenvalue weighted by molar-refractivity contribution is -0.146. The molecule has 4 rings (SSSR count). The quantitative estimate of drug-likeness (QED) is 0.256. The summed E-state index contributed by atoms with van der Waals surface area (Å²) >= 11 is 9.06. The second-order valence-electron chi connectivity index (χ2n) is 8.53. The second-order valence-corrected chi connectivity index (χ2v) is 11.4. The molecular formula is C25H26ClFN2O4S2. The van der Waals surface area contributed by atoms with Gasteiger partial charge in [0, 0.05) is 42.4 Å². The predicted octanol–water partition coefficient (Wildman–Crippen LogP) is 5.88. The Morgan fingerprint density at radius 2 is 2.17 bits per heavy atom. The zero-order chi connectivity index (χ0) is 24.9. The Morgan fingerprint density at radius 3 is 2.89 bits per heavy atom. The highest BCUT2D eigenvalue weighted by Crippen LogP contribution is 2.33. The van der Waals surface area contributed by atoms with Crippen molar-refractivity contribution < 1.29 is 23.8 Å². The maximum absolute atomic E-state index is 13.2. The van der Waals surface area contributed by atoms with E-state index in [1.165, 1.54) is 12.3 Å². The van der Waals surface area contributed by atoms with E-state index in [1.54, 1.807) is 43.1 Å². The van der Waals surface area contributed by atoms with Crippen LogP contribution in [0.4, 0.5) is 4.39 Å². The lowest BCUT2D eigenvalue weighted by Crippen LogP contribution is -2.44. The fraction of sp³-hybridized carbons (Fsp3) is 0.400. The first-order valence-electron chi connectivity index (χ1n) is 11.3. The Labute approximate surface area is 216 Å². The van der Waals surface area contributed by atoms with Gasteiger partial charge in [-0.2, -0.15) is 4.39 Å². The van der Waals surface area contributed by atoms with Crippen molar-refractivity contribution >= 4 is 57.4 Å². The number of hydrogen-bond acceptors (Lipinski definition) is 7. The number of thiophene rings is 1. The van der Waals surface area contributed by atoms with Crippen molar-refractivity contribution in [3.05, 3.63) is 52.2 Å². The molecular weight excluding hydrogens is 511 g/mol. The molecule has 3 aromatic rings. The standard InChI is InChI=1S/C25H26ClFN2O4S2/c1-33-16-3-4-20-17(12-16)24(19(26)13-28-20)21(30)5-2-15-8-9-29(14-18(15)25(31)32)10-11-34-23-7-6-22(27)35-23/h3-4,6-7,12-13,15,18H,2,5,8-11,14H2,1H3,(H,31,32)/t15-,18+/m0/s1. The Morgan fingerprint density at radius 1 is 1.34 bits per heavy atom. The third-order valence-electron chi connectivity index (χ3n) is 6.41. The molecule has 0 radical (unpaired) electrons. The van der Waals surface area contributed by atoms with Gasteiger partial charge in [0.1, 0.15) is 5.75 Å².